The number of nitrogens with zero attached hydrogens (tertiary/aromatic N) is 2. The van der Waals surface area contributed by atoms with Gasteiger partial charge in [0.15, 0.2) is 5.78 Å². The Bertz CT molecular complexity index is 600. The number of carbonyl (C=O) groups excluding carboxylic acids is 1. The van der Waals surface area contributed by atoms with Crippen molar-refractivity contribution in [3.63, 3.8) is 0 Å². The first-order chi connectivity index (χ1) is 8.99. The van der Waals surface area contributed by atoms with E-state index in [4.69, 9.17) is 0 Å². The second-order valence-corrected chi connectivity index (χ2v) is 4.36. The molecule has 0 amide bonds. The van der Waals surface area contributed by atoms with Gasteiger partial charge < -0.3 is 0 Å². The first-order valence-corrected chi connectivity index (χ1v) is 6.00. The molecule has 1 aromatic carbocycles. The third kappa shape index (κ3) is 3.05. The third-order valence-electron chi connectivity index (χ3n) is 2.92. The smallest absolute Gasteiger partial charge is 0.169 e. The van der Waals surface area contributed by atoms with Gasteiger partial charge in [0.05, 0.1) is 12.1 Å². The quantitative estimate of drug-likeness (QED) is 0.796. The number of aryl methyl sites for hydroxylation is 2. The van der Waals surface area contributed by atoms with Crippen molar-refractivity contribution in [3.05, 3.63) is 52.9 Å². The predicted molar refractivity (Wildman–Crippen MR) is 67.0 cm³/mol. The summed E-state index contributed by atoms with van der Waals surface area (Å²) in [6, 6.07) is 4.66. The molecule has 19 heavy (non-hydrogen) atoms. The summed E-state index contributed by atoms with van der Waals surface area (Å²) in [5.74, 6) is -1.82. The summed E-state index contributed by atoms with van der Waals surface area (Å²) in [4.78, 5) is 12.0. The number of Topliss-reactive ketones (excluding diaryl/α,β-unsaturated/α-hetero) is 1. The van der Waals surface area contributed by atoms with Gasteiger partial charge in [-0.1, -0.05) is 6.92 Å². The van der Waals surface area contributed by atoms with Gasteiger partial charge in [0, 0.05) is 24.4 Å². The van der Waals surface area contributed by atoms with Crippen LogP contribution in [0.4, 0.5) is 8.78 Å². The Labute approximate surface area is 109 Å². The predicted octanol–water partition coefficient (Wildman–Crippen LogP) is 2.69. The van der Waals surface area contributed by atoms with E-state index < -0.39 is 11.6 Å². The molecule has 0 fully saturated rings. The molecule has 0 N–H and O–H groups in total. The molecule has 1 aromatic heterocycles. The van der Waals surface area contributed by atoms with E-state index in [2.05, 4.69) is 5.10 Å². The average molecular weight is 264 g/mol. The summed E-state index contributed by atoms with van der Waals surface area (Å²) in [7, 11) is 1.74. The number of hydrogen-bond donors (Lipinski definition) is 0. The topological polar surface area (TPSA) is 34.9 Å². The zero-order chi connectivity index (χ0) is 14.0. The van der Waals surface area contributed by atoms with Crippen molar-refractivity contribution in [2.75, 3.05) is 0 Å². The van der Waals surface area contributed by atoms with E-state index in [0.29, 0.717) is 0 Å². The largest absolute Gasteiger partial charge is 0.294 e. The summed E-state index contributed by atoms with van der Waals surface area (Å²) in [6.45, 7) is 1.97. The van der Waals surface area contributed by atoms with Crippen LogP contribution < -0.4 is 0 Å². The van der Waals surface area contributed by atoms with Crippen LogP contribution in [0.5, 0.6) is 0 Å². The summed E-state index contributed by atoms with van der Waals surface area (Å²) >= 11 is 0. The van der Waals surface area contributed by atoms with E-state index in [9.17, 15) is 13.6 Å². The first-order valence-electron chi connectivity index (χ1n) is 6.00. The van der Waals surface area contributed by atoms with E-state index in [-0.39, 0.29) is 17.8 Å². The number of aromatic nitrogens is 2. The number of hydrogen-bond acceptors (Lipinski definition) is 2. The van der Waals surface area contributed by atoms with Crippen molar-refractivity contribution in [2.24, 2.45) is 7.05 Å². The third-order valence-corrected chi connectivity index (χ3v) is 2.92. The van der Waals surface area contributed by atoms with Crippen LogP contribution >= 0.6 is 0 Å². The monoisotopic (exact) mass is 264 g/mol. The highest BCUT2D eigenvalue weighted by Crippen LogP contribution is 2.12. The second kappa shape index (κ2) is 5.30. The number of benzene rings is 1. The number of carbonyl (C=O) groups is 1. The highest BCUT2D eigenvalue weighted by atomic mass is 19.1. The minimum absolute atomic E-state index is 0.0387. The molecule has 0 atom stereocenters. The van der Waals surface area contributed by atoms with Gasteiger partial charge in [-0.25, -0.2) is 8.78 Å². The van der Waals surface area contributed by atoms with Gasteiger partial charge in [-0.05, 0) is 24.6 Å². The molecule has 0 radical (unpaired) electrons. The molecule has 5 heteroatoms. The molecular formula is C14H14F2N2O. The van der Waals surface area contributed by atoms with Gasteiger partial charge in [0.25, 0.3) is 0 Å². The molecule has 2 rings (SSSR count). The molecule has 2 aromatic rings. The molecule has 0 saturated carbocycles. The normalized spacial score (nSPS) is 10.7. The maximum atomic E-state index is 13.1. The number of rotatable bonds is 4. The van der Waals surface area contributed by atoms with Crippen molar-refractivity contribution >= 4 is 5.78 Å². The lowest BCUT2D eigenvalue weighted by molar-refractivity contribution is 0.0990. The number of halogens is 2. The average Bonchev–Trinajstić information content (AvgIpc) is 2.69. The van der Waals surface area contributed by atoms with Crippen molar-refractivity contribution < 1.29 is 13.6 Å². The SMILES string of the molecule is CCc1cc(CC(=O)c2cc(F)cc(F)c2)n(C)n1. The Morgan fingerprint density at radius 2 is 1.84 bits per heavy atom. The van der Waals surface area contributed by atoms with Crippen molar-refractivity contribution in [1.82, 2.24) is 9.78 Å². The zero-order valence-corrected chi connectivity index (χ0v) is 10.8. The molecule has 0 unspecified atom stereocenters. The fraction of sp³-hybridized carbons (Fsp3) is 0.286. The second-order valence-electron chi connectivity index (χ2n) is 4.36. The Kier molecular flexibility index (Phi) is 3.74. The molecule has 0 aliphatic rings. The maximum absolute atomic E-state index is 13.1. The van der Waals surface area contributed by atoms with Gasteiger partial charge in [0.2, 0.25) is 0 Å². The van der Waals surface area contributed by atoms with Crippen molar-refractivity contribution in [3.8, 4) is 0 Å². The Morgan fingerprint density at radius 1 is 1.21 bits per heavy atom. The van der Waals surface area contributed by atoms with E-state index >= 15 is 0 Å². The van der Waals surface area contributed by atoms with Crippen LogP contribution in [0.2, 0.25) is 0 Å². The molecular weight excluding hydrogens is 250 g/mol. The molecule has 0 aliphatic carbocycles. The Hall–Kier alpha value is -2.04. The van der Waals surface area contributed by atoms with Crippen LogP contribution in [-0.4, -0.2) is 15.6 Å². The zero-order valence-electron chi connectivity index (χ0n) is 10.8. The molecule has 0 aliphatic heterocycles. The van der Waals surface area contributed by atoms with E-state index in [1.54, 1.807) is 11.7 Å². The maximum Gasteiger partial charge on any atom is 0.169 e. The summed E-state index contributed by atoms with van der Waals surface area (Å²) < 4.78 is 27.7. The molecule has 0 saturated heterocycles. The summed E-state index contributed by atoms with van der Waals surface area (Å²) in [6.07, 6.45) is 0.850. The van der Waals surface area contributed by atoms with E-state index in [0.717, 1.165) is 36.0 Å². The number of ketones is 1. The minimum atomic E-state index is -0.748. The molecule has 3 nitrogen and oxygen atoms in total. The lowest BCUT2D eigenvalue weighted by atomic mass is 10.1. The molecule has 0 spiro atoms. The van der Waals surface area contributed by atoms with Crippen LogP contribution in [0.1, 0.15) is 28.7 Å². The van der Waals surface area contributed by atoms with Crippen LogP contribution in [0.15, 0.2) is 24.3 Å². The van der Waals surface area contributed by atoms with Crippen molar-refractivity contribution in [2.45, 2.75) is 19.8 Å². The first kappa shape index (κ1) is 13.4. The Balaban J connectivity index is 2.22. The standard InChI is InChI=1S/C14H14F2N2O/c1-3-12-7-13(18(2)17-12)8-14(19)9-4-10(15)6-11(16)5-9/h4-7H,3,8H2,1-2H3. The lowest BCUT2D eigenvalue weighted by Gasteiger charge is -2.02. The van der Waals surface area contributed by atoms with Crippen molar-refractivity contribution in [1.29, 1.82) is 0 Å². The van der Waals surface area contributed by atoms with Gasteiger partial charge in [0.1, 0.15) is 11.6 Å². The van der Waals surface area contributed by atoms with Gasteiger partial charge in [-0.15, -0.1) is 0 Å². The lowest BCUT2D eigenvalue weighted by Crippen LogP contribution is -2.08. The fourth-order valence-corrected chi connectivity index (χ4v) is 1.89. The molecule has 0 bridgehead atoms. The van der Waals surface area contributed by atoms with Gasteiger partial charge >= 0.3 is 0 Å². The van der Waals surface area contributed by atoms with Gasteiger partial charge in [-0.2, -0.15) is 5.10 Å². The summed E-state index contributed by atoms with van der Waals surface area (Å²) in [5, 5.41) is 4.23. The molecule has 100 valence electrons. The van der Waals surface area contributed by atoms with Crippen LogP contribution in [-0.2, 0) is 19.9 Å². The van der Waals surface area contributed by atoms with Crippen LogP contribution in [0.3, 0.4) is 0 Å². The summed E-state index contributed by atoms with van der Waals surface area (Å²) in [5.41, 5.74) is 1.65. The Morgan fingerprint density at radius 3 is 2.37 bits per heavy atom. The fourth-order valence-electron chi connectivity index (χ4n) is 1.89. The molecule has 1 heterocycles. The highest BCUT2D eigenvalue weighted by Gasteiger charge is 2.13. The van der Waals surface area contributed by atoms with E-state index in [1.807, 2.05) is 13.0 Å². The van der Waals surface area contributed by atoms with E-state index in [1.165, 1.54) is 0 Å². The highest BCUT2D eigenvalue weighted by molar-refractivity contribution is 5.97. The van der Waals surface area contributed by atoms with Crippen LogP contribution in [0.25, 0.3) is 0 Å². The van der Waals surface area contributed by atoms with Gasteiger partial charge in [-0.3, -0.25) is 9.48 Å². The minimum Gasteiger partial charge on any atom is -0.294 e. The van der Waals surface area contributed by atoms with Crippen LogP contribution in [0, 0.1) is 11.6 Å².